The van der Waals surface area contributed by atoms with Crippen molar-refractivity contribution >= 4 is 17.4 Å². The first-order chi connectivity index (χ1) is 11.9. The van der Waals surface area contributed by atoms with Crippen LogP contribution in [0.1, 0.15) is 23.1 Å². The maximum Gasteiger partial charge on any atom is 0.311 e. The van der Waals surface area contributed by atoms with Gasteiger partial charge in [-0.2, -0.15) is 0 Å². The zero-order chi connectivity index (χ0) is 18.0. The summed E-state index contributed by atoms with van der Waals surface area (Å²) in [6, 6.07) is 9.03. The van der Waals surface area contributed by atoms with Crippen LogP contribution in [0.3, 0.4) is 0 Å². The first-order valence-electron chi connectivity index (χ1n) is 8.16. The van der Waals surface area contributed by atoms with E-state index < -0.39 is 11.0 Å². The van der Waals surface area contributed by atoms with E-state index >= 15 is 0 Å². The van der Waals surface area contributed by atoms with Crippen molar-refractivity contribution in [1.82, 2.24) is 9.88 Å². The number of hydrogen-bond donors (Lipinski definition) is 1. The van der Waals surface area contributed by atoms with Gasteiger partial charge in [-0.25, -0.2) is 4.98 Å². The Hall–Kier alpha value is -2.96. The van der Waals surface area contributed by atoms with E-state index in [-0.39, 0.29) is 17.4 Å². The van der Waals surface area contributed by atoms with Gasteiger partial charge >= 0.3 is 5.69 Å². The number of pyridine rings is 1. The van der Waals surface area contributed by atoms with Crippen molar-refractivity contribution in [3.05, 3.63) is 63.3 Å². The van der Waals surface area contributed by atoms with E-state index in [1.54, 1.807) is 18.0 Å². The number of benzene rings is 1. The molecule has 3 rings (SSSR count). The molecule has 130 valence electrons. The molecule has 1 aromatic heterocycles. The van der Waals surface area contributed by atoms with E-state index in [9.17, 15) is 14.9 Å². The van der Waals surface area contributed by atoms with Crippen molar-refractivity contribution in [2.24, 2.45) is 0 Å². The molecule has 25 heavy (non-hydrogen) atoms. The molecule has 7 nitrogen and oxygen atoms in total. The second kappa shape index (κ2) is 6.88. The summed E-state index contributed by atoms with van der Waals surface area (Å²) < 4.78 is 0. The van der Waals surface area contributed by atoms with Gasteiger partial charge < -0.3 is 10.2 Å². The number of nitrogens with zero attached hydrogens (tertiary/aromatic N) is 3. The molecule has 1 atom stereocenters. The number of amides is 1. The van der Waals surface area contributed by atoms with Gasteiger partial charge in [0, 0.05) is 25.4 Å². The van der Waals surface area contributed by atoms with Gasteiger partial charge in [0.25, 0.3) is 0 Å². The van der Waals surface area contributed by atoms with Crippen LogP contribution in [0.15, 0.2) is 36.5 Å². The van der Waals surface area contributed by atoms with Crippen LogP contribution in [0.2, 0.25) is 0 Å². The summed E-state index contributed by atoms with van der Waals surface area (Å²) in [5.41, 5.74) is 2.84. The molecule has 0 saturated carbocycles. The lowest BCUT2D eigenvalue weighted by molar-refractivity contribution is -0.384. The number of nitro groups is 1. The number of aromatic nitrogens is 1. The van der Waals surface area contributed by atoms with Gasteiger partial charge in [-0.15, -0.1) is 0 Å². The molecule has 1 aliphatic heterocycles. The SMILES string of the molecule is Cc1ccc(CN2CCC(Nc3ncc(C)cc3[N+](=O)[O-])C2=O)cc1. The first kappa shape index (κ1) is 16.9. The van der Waals surface area contributed by atoms with Crippen LogP contribution in [0, 0.1) is 24.0 Å². The zero-order valence-electron chi connectivity index (χ0n) is 14.2. The summed E-state index contributed by atoms with van der Waals surface area (Å²) in [6.07, 6.45) is 2.15. The number of carbonyl (C=O) groups excluding carboxylic acids is 1. The Balaban J connectivity index is 1.70. The number of likely N-dealkylation sites (tertiary alicyclic amines) is 1. The minimum atomic E-state index is -0.487. The van der Waals surface area contributed by atoms with Gasteiger partial charge in [-0.1, -0.05) is 29.8 Å². The van der Waals surface area contributed by atoms with Crippen molar-refractivity contribution < 1.29 is 9.72 Å². The fourth-order valence-corrected chi connectivity index (χ4v) is 2.91. The largest absolute Gasteiger partial charge is 0.353 e. The number of carbonyl (C=O) groups is 1. The molecule has 1 aromatic carbocycles. The number of rotatable bonds is 5. The molecular weight excluding hydrogens is 320 g/mol. The van der Waals surface area contributed by atoms with E-state index in [4.69, 9.17) is 0 Å². The van der Waals surface area contributed by atoms with Crippen molar-refractivity contribution in [3.8, 4) is 0 Å². The van der Waals surface area contributed by atoms with Gasteiger partial charge in [0.1, 0.15) is 6.04 Å². The monoisotopic (exact) mass is 340 g/mol. The van der Waals surface area contributed by atoms with E-state index in [1.165, 1.54) is 11.6 Å². The topological polar surface area (TPSA) is 88.4 Å². The van der Waals surface area contributed by atoms with Crippen LogP contribution >= 0.6 is 0 Å². The molecule has 1 aliphatic rings. The molecule has 2 heterocycles. The molecule has 1 saturated heterocycles. The predicted molar refractivity (Wildman–Crippen MR) is 94.3 cm³/mol. The molecule has 2 aromatic rings. The van der Waals surface area contributed by atoms with Crippen LogP contribution in [-0.2, 0) is 11.3 Å². The van der Waals surface area contributed by atoms with Gasteiger partial charge in [0.15, 0.2) is 0 Å². The standard InChI is InChI=1S/C18H20N4O3/c1-12-3-5-14(6-4-12)11-21-8-7-15(18(21)23)20-17-16(22(24)25)9-13(2)10-19-17/h3-6,9-10,15H,7-8,11H2,1-2H3,(H,19,20). The maximum atomic E-state index is 12.6. The normalized spacial score (nSPS) is 17.0. The minimum absolute atomic E-state index is 0.0581. The highest BCUT2D eigenvalue weighted by atomic mass is 16.6. The van der Waals surface area contributed by atoms with Crippen LogP contribution < -0.4 is 5.32 Å². The number of anilines is 1. The highest BCUT2D eigenvalue weighted by molar-refractivity contribution is 5.87. The summed E-state index contributed by atoms with van der Waals surface area (Å²) in [6.45, 7) is 4.92. The summed E-state index contributed by atoms with van der Waals surface area (Å²) in [5, 5.41) is 14.1. The average Bonchev–Trinajstić information content (AvgIpc) is 2.91. The number of aryl methyl sites for hydroxylation is 2. The maximum absolute atomic E-state index is 12.6. The van der Waals surface area contributed by atoms with Crippen molar-refractivity contribution in [3.63, 3.8) is 0 Å². The molecule has 1 unspecified atom stereocenters. The lowest BCUT2D eigenvalue weighted by Gasteiger charge is -2.17. The first-order valence-corrected chi connectivity index (χ1v) is 8.16. The Morgan fingerprint density at radius 1 is 1.28 bits per heavy atom. The number of nitrogens with one attached hydrogen (secondary N) is 1. The van der Waals surface area contributed by atoms with E-state index in [0.29, 0.717) is 25.1 Å². The third-order valence-corrected chi connectivity index (χ3v) is 4.30. The molecule has 0 bridgehead atoms. The Kier molecular flexibility index (Phi) is 4.65. The highest BCUT2D eigenvalue weighted by Crippen LogP contribution is 2.26. The average molecular weight is 340 g/mol. The van der Waals surface area contributed by atoms with Gasteiger partial charge in [-0.3, -0.25) is 14.9 Å². The van der Waals surface area contributed by atoms with Gasteiger partial charge in [0.05, 0.1) is 4.92 Å². The fourth-order valence-electron chi connectivity index (χ4n) is 2.91. The Labute approximate surface area is 145 Å². The minimum Gasteiger partial charge on any atom is -0.353 e. The highest BCUT2D eigenvalue weighted by Gasteiger charge is 2.33. The van der Waals surface area contributed by atoms with E-state index in [0.717, 1.165) is 5.56 Å². The smallest absolute Gasteiger partial charge is 0.311 e. The molecule has 1 amide bonds. The molecule has 1 N–H and O–H groups in total. The molecule has 0 aliphatic carbocycles. The molecule has 7 heteroatoms. The van der Waals surface area contributed by atoms with Crippen molar-refractivity contribution in [2.75, 3.05) is 11.9 Å². The Bertz CT molecular complexity index is 804. The van der Waals surface area contributed by atoms with Crippen molar-refractivity contribution in [2.45, 2.75) is 32.9 Å². The van der Waals surface area contributed by atoms with Crippen LogP contribution in [-0.4, -0.2) is 33.3 Å². The van der Waals surface area contributed by atoms with Crippen LogP contribution in [0.5, 0.6) is 0 Å². The third kappa shape index (κ3) is 3.76. The fraction of sp³-hybridized carbons (Fsp3) is 0.333. The third-order valence-electron chi connectivity index (χ3n) is 4.30. The summed E-state index contributed by atoms with van der Waals surface area (Å²) >= 11 is 0. The molecule has 0 spiro atoms. The summed E-state index contributed by atoms with van der Waals surface area (Å²) in [7, 11) is 0. The Morgan fingerprint density at radius 3 is 2.68 bits per heavy atom. The second-order valence-corrected chi connectivity index (χ2v) is 6.37. The lowest BCUT2D eigenvalue weighted by Crippen LogP contribution is -2.33. The van der Waals surface area contributed by atoms with Crippen LogP contribution in [0.25, 0.3) is 0 Å². The van der Waals surface area contributed by atoms with Crippen molar-refractivity contribution in [1.29, 1.82) is 0 Å². The quantitative estimate of drug-likeness (QED) is 0.668. The van der Waals surface area contributed by atoms with Gasteiger partial charge in [0.2, 0.25) is 11.7 Å². The molecular formula is C18H20N4O3. The summed E-state index contributed by atoms with van der Waals surface area (Å²) in [4.78, 5) is 29.2. The van der Waals surface area contributed by atoms with Crippen LogP contribution in [0.4, 0.5) is 11.5 Å². The zero-order valence-corrected chi connectivity index (χ0v) is 14.2. The predicted octanol–water partition coefficient (Wildman–Crippen LogP) is 2.82. The van der Waals surface area contributed by atoms with Gasteiger partial charge in [-0.05, 0) is 31.4 Å². The summed E-state index contributed by atoms with van der Waals surface area (Å²) in [5.74, 6) is 0.0865. The Morgan fingerprint density at radius 2 is 2.00 bits per heavy atom. The lowest BCUT2D eigenvalue weighted by atomic mass is 10.1. The molecule has 1 fully saturated rings. The molecule has 0 radical (unpaired) electrons. The van der Waals surface area contributed by atoms with E-state index in [1.807, 2.05) is 31.2 Å². The van der Waals surface area contributed by atoms with E-state index in [2.05, 4.69) is 10.3 Å². The number of hydrogen-bond acceptors (Lipinski definition) is 5. The second-order valence-electron chi connectivity index (χ2n) is 6.37.